The summed E-state index contributed by atoms with van der Waals surface area (Å²) in [5.74, 6) is 0.725. The maximum absolute atomic E-state index is 13.0. The lowest BCUT2D eigenvalue weighted by Crippen LogP contribution is -2.31. The van der Waals surface area contributed by atoms with E-state index in [4.69, 9.17) is 23.4 Å². The first-order valence-electron chi connectivity index (χ1n) is 8.34. The molecule has 2 aromatic carbocycles. The van der Waals surface area contributed by atoms with Crippen molar-refractivity contribution in [3.8, 4) is 17.2 Å². The van der Waals surface area contributed by atoms with Crippen LogP contribution in [0, 0.1) is 0 Å². The van der Waals surface area contributed by atoms with Gasteiger partial charge in [-0.3, -0.25) is 4.79 Å². The fourth-order valence-corrected chi connectivity index (χ4v) is 4.08. The molecule has 0 bridgehead atoms. The Morgan fingerprint density at radius 2 is 2.12 bits per heavy atom. The highest BCUT2D eigenvalue weighted by Crippen LogP contribution is 2.56. The quantitative estimate of drug-likeness (QED) is 0.529. The maximum Gasteiger partial charge on any atom is 0.204 e. The fraction of sp³-hybridized carbons (Fsp3) is 0.316. The number of fused-ring (bicyclic) bond motifs is 7. The number of rotatable bonds is 1. The Balaban J connectivity index is 1.72. The predicted octanol–water partition coefficient (Wildman–Crippen LogP) is 2.26. The van der Waals surface area contributed by atoms with Gasteiger partial charge in [-0.15, -0.1) is 0 Å². The second kappa shape index (κ2) is 4.49. The van der Waals surface area contributed by atoms with Crippen molar-refractivity contribution >= 4 is 21.9 Å². The standard InChI is InChI=1S/C19H14O7/c1-22-10-4-2-3-8-14(21)12-9(20)5-11-13(16(12)26-15(8)10)17-18(25-11)19(6-23-17)7-24-19/h2-5,17-18,20H,6-7H2,1H3/t17-,18+,19-/m0/s1. The third kappa shape index (κ3) is 1.58. The van der Waals surface area contributed by atoms with E-state index in [-0.39, 0.29) is 28.3 Å². The number of hydrogen-bond donors (Lipinski definition) is 1. The molecule has 0 unspecified atom stereocenters. The topological polar surface area (TPSA) is 90.7 Å². The number of phenols is 1. The van der Waals surface area contributed by atoms with E-state index in [0.29, 0.717) is 41.2 Å². The van der Waals surface area contributed by atoms with Gasteiger partial charge in [0, 0.05) is 6.07 Å². The first-order valence-corrected chi connectivity index (χ1v) is 8.34. The molecule has 1 aromatic heterocycles. The molecule has 4 heterocycles. The number of methoxy groups -OCH3 is 1. The summed E-state index contributed by atoms with van der Waals surface area (Å²) in [7, 11) is 1.51. The Hall–Kier alpha value is -2.77. The molecule has 7 heteroatoms. The van der Waals surface area contributed by atoms with Crippen LogP contribution >= 0.6 is 0 Å². The summed E-state index contributed by atoms with van der Waals surface area (Å²) < 4.78 is 28.9. The zero-order valence-electron chi connectivity index (χ0n) is 13.8. The van der Waals surface area contributed by atoms with Crippen molar-refractivity contribution in [2.45, 2.75) is 17.8 Å². The van der Waals surface area contributed by atoms with E-state index in [0.717, 1.165) is 0 Å². The van der Waals surface area contributed by atoms with Crippen molar-refractivity contribution in [1.82, 2.24) is 0 Å². The van der Waals surface area contributed by atoms with E-state index in [1.807, 2.05) is 0 Å². The molecule has 0 aliphatic carbocycles. The molecule has 0 radical (unpaired) electrons. The monoisotopic (exact) mass is 354 g/mol. The van der Waals surface area contributed by atoms with E-state index in [1.54, 1.807) is 18.2 Å². The van der Waals surface area contributed by atoms with Gasteiger partial charge in [0.05, 0.1) is 31.3 Å². The maximum atomic E-state index is 13.0. The molecule has 2 saturated heterocycles. The highest BCUT2D eigenvalue weighted by atomic mass is 16.7. The normalized spacial score (nSPS) is 28.3. The minimum absolute atomic E-state index is 0.120. The van der Waals surface area contributed by atoms with E-state index in [9.17, 15) is 9.90 Å². The third-order valence-corrected chi connectivity index (χ3v) is 5.49. The number of phenolic OH excluding ortho intramolecular Hbond substituents is 1. The molecule has 3 aromatic rings. The van der Waals surface area contributed by atoms with Crippen LogP contribution in [-0.4, -0.2) is 37.1 Å². The zero-order valence-corrected chi connectivity index (χ0v) is 13.8. The molecule has 3 aliphatic heterocycles. The van der Waals surface area contributed by atoms with Gasteiger partial charge in [0.15, 0.2) is 28.6 Å². The Morgan fingerprint density at radius 3 is 2.88 bits per heavy atom. The fourth-order valence-electron chi connectivity index (χ4n) is 4.08. The molecule has 132 valence electrons. The molecule has 26 heavy (non-hydrogen) atoms. The van der Waals surface area contributed by atoms with Crippen LogP contribution in [0.4, 0.5) is 0 Å². The summed E-state index contributed by atoms with van der Waals surface area (Å²) >= 11 is 0. The number of benzene rings is 2. The first-order chi connectivity index (χ1) is 12.6. The molecule has 1 N–H and O–H groups in total. The van der Waals surface area contributed by atoms with Crippen LogP contribution in [0.2, 0.25) is 0 Å². The van der Waals surface area contributed by atoms with E-state index >= 15 is 0 Å². The van der Waals surface area contributed by atoms with Gasteiger partial charge in [0.2, 0.25) is 5.43 Å². The summed E-state index contributed by atoms with van der Waals surface area (Å²) in [6, 6.07) is 6.53. The first kappa shape index (κ1) is 14.4. The smallest absolute Gasteiger partial charge is 0.204 e. The largest absolute Gasteiger partial charge is 0.507 e. The van der Waals surface area contributed by atoms with Crippen molar-refractivity contribution in [3.63, 3.8) is 0 Å². The van der Waals surface area contributed by atoms with Crippen LogP contribution in [-0.2, 0) is 9.47 Å². The molecule has 0 amide bonds. The van der Waals surface area contributed by atoms with Crippen LogP contribution < -0.4 is 14.9 Å². The molecular weight excluding hydrogens is 340 g/mol. The van der Waals surface area contributed by atoms with Crippen molar-refractivity contribution in [1.29, 1.82) is 0 Å². The van der Waals surface area contributed by atoms with Crippen LogP contribution in [0.25, 0.3) is 21.9 Å². The summed E-state index contributed by atoms with van der Waals surface area (Å²) in [6.07, 6.45) is -0.702. The number of epoxide rings is 1. The predicted molar refractivity (Wildman–Crippen MR) is 90.0 cm³/mol. The lowest BCUT2D eigenvalue weighted by molar-refractivity contribution is 0.0786. The van der Waals surface area contributed by atoms with Crippen molar-refractivity contribution < 1.29 is 28.5 Å². The van der Waals surface area contributed by atoms with Gasteiger partial charge in [0.25, 0.3) is 0 Å². The van der Waals surface area contributed by atoms with Crippen LogP contribution in [0.3, 0.4) is 0 Å². The summed E-state index contributed by atoms with van der Waals surface area (Å²) in [5, 5.41) is 10.9. The number of ether oxygens (including phenoxy) is 4. The molecule has 3 aliphatic rings. The van der Waals surface area contributed by atoms with Crippen molar-refractivity contribution in [3.05, 3.63) is 40.1 Å². The number of aromatic hydroxyl groups is 1. The Labute approximate surface area is 146 Å². The average molecular weight is 354 g/mol. The molecular formula is C19H14O7. The number of hydrogen-bond acceptors (Lipinski definition) is 7. The van der Waals surface area contributed by atoms with Crippen LogP contribution in [0.1, 0.15) is 11.7 Å². The molecule has 6 rings (SSSR count). The lowest BCUT2D eigenvalue weighted by Gasteiger charge is -2.11. The van der Waals surface area contributed by atoms with Gasteiger partial charge in [-0.2, -0.15) is 0 Å². The SMILES string of the molecule is COc1cccc2c(=O)c3c(O)cc4c(c3oc12)[C@@H]1OC[C@]2(CO2)[C@@H]1O4. The summed E-state index contributed by atoms with van der Waals surface area (Å²) in [4.78, 5) is 13.0. The highest BCUT2D eigenvalue weighted by Gasteiger charge is 2.65. The summed E-state index contributed by atoms with van der Waals surface area (Å²) in [6.45, 7) is 1.01. The second-order valence-electron chi connectivity index (χ2n) is 6.90. The van der Waals surface area contributed by atoms with E-state index in [1.165, 1.54) is 13.2 Å². The van der Waals surface area contributed by atoms with Crippen molar-refractivity contribution in [2.75, 3.05) is 20.3 Å². The zero-order chi connectivity index (χ0) is 17.6. The van der Waals surface area contributed by atoms with Gasteiger partial charge in [-0.25, -0.2) is 0 Å². The van der Waals surface area contributed by atoms with Gasteiger partial charge in [0.1, 0.15) is 23.0 Å². The van der Waals surface area contributed by atoms with Crippen LogP contribution in [0.15, 0.2) is 33.5 Å². The van der Waals surface area contributed by atoms with Gasteiger partial charge in [-0.05, 0) is 12.1 Å². The second-order valence-corrected chi connectivity index (χ2v) is 6.90. The van der Waals surface area contributed by atoms with Crippen molar-refractivity contribution in [2.24, 2.45) is 0 Å². The molecule has 0 saturated carbocycles. The Bertz CT molecular complexity index is 1160. The molecule has 3 atom stereocenters. The Morgan fingerprint density at radius 1 is 1.27 bits per heavy atom. The number of para-hydroxylation sites is 1. The van der Waals surface area contributed by atoms with Gasteiger partial charge < -0.3 is 28.5 Å². The van der Waals surface area contributed by atoms with E-state index in [2.05, 4.69) is 0 Å². The third-order valence-electron chi connectivity index (χ3n) is 5.49. The minimum atomic E-state index is -0.430. The average Bonchev–Trinajstić information content (AvgIpc) is 3.22. The van der Waals surface area contributed by atoms with E-state index < -0.39 is 11.7 Å². The molecule has 7 nitrogen and oxygen atoms in total. The minimum Gasteiger partial charge on any atom is -0.507 e. The Kier molecular flexibility index (Phi) is 2.49. The lowest BCUT2D eigenvalue weighted by atomic mass is 9.98. The van der Waals surface area contributed by atoms with Crippen LogP contribution in [0.5, 0.6) is 17.2 Å². The summed E-state index contributed by atoms with van der Waals surface area (Å²) in [5.41, 5.74) is 0.492. The molecule has 2 fully saturated rings. The van der Waals surface area contributed by atoms with Gasteiger partial charge in [-0.1, -0.05) is 6.07 Å². The highest BCUT2D eigenvalue weighted by molar-refractivity contribution is 5.97. The molecule has 1 spiro atoms. The van der Waals surface area contributed by atoms with Gasteiger partial charge >= 0.3 is 0 Å².